The first-order valence-electron chi connectivity index (χ1n) is 6.90. The predicted molar refractivity (Wildman–Crippen MR) is 85.2 cm³/mol. The Hall–Kier alpha value is -1.36. The van der Waals surface area contributed by atoms with Crippen molar-refractivity contribution in [3.8, 4) is 5.75 Å². The van der Waals surface area contributed by atoms with Crippen molar-refractivity contribution in [3.05, 3.63) is 52.2 Å². The van der Waals surface area contributed by atoms with Crippen molar-refractivity contribution in [1.82, 2.24) is 4.90 Å². The lowest BCUT2D eigenvalue weighted by molar-refractivity contribution is 0.243. The SMILES string of the molecule is CCOc1cccc(C(CN)N(C)Cc2cccs2)c1. The van der Waals surface area contributed by atoms with Crippen LogP contribution in [-0.4, -0.2) is 25.1 Å². The number of hydrogen-bond acceptors (Lipinski definition) is 4. The Morgan fingerprint density at radius 3 is 2.80 bits per heavy atom. The lowest BCUT2D eigenvalue weighted by atomic mass is 10.1. The summed E-state index contributed by atoms with van der Waals surface area (Å²) in [5, 5.41) is 2.11. The number of rotatable bonds is 7. The van der Waals surface area contributed by atoms with Gasteiger partial charge in [-0.15, -0.1) is 11.3 Å². The van der Waals surface area contributed by atoms with Gasteiger partial charge in [0.2, 0.25) is 0 Å². The Morgan fingerprint density at radius 1 is 1.30 bits per heavy atom. The van der Waals surface area contributed by atoms with Crippen LogP contribution in [0.25, 0.3) is 0 Å². The molecular weight excluding hydrogens is 268 g/mol. The molecule has 2 aromatic rings. The Morgan fingerprint density at radius 2 is 2.15 bits per heavy atom. The number of hydrogen-bond donors (Lipinski definition) is 1. The van der Waals surface area contributed by atoms with Gasteiger partial charge in [0, 0.05) is 24.0 Å². The Kier molecular flexibility index (Phi) is 5.59. The maximum absolute atomic E-state index is 5.98. The van der Waals surface area contributed by atoms with Gasteiger partial charge in [0.15, 0.2) is 0 Å². The third-order valence-corrected chi connectivity index (χ3v) is 4.16. The highest BCUT2D eigenvalue weighted by molar-refractivity contribution is 7.09. The second-order valence-electron chi connectivity index (χ2n) is 4.75. The normalized spacial score (nSPS) is 12.6. The smallest absolute Gasteiger partial charge is 0.119 e. The lowest BCUT2D eigenvalue weighted by Gasteiger charge is -2.27. The molecule has 2 N–H and O–H groups in total. The standard InChI is InChI=1S/C16H22N2OS/c1-3-19-14-7-4-6-13(10-14)16(11-17)18(2)12-15-8-5-9-20-15/h4-10,16H,3,11-12,17H2,1-2H3. The van der Waals surface area contributed by atoms with Crippen LogP contribution < -0.4 is 10.5 Å². The minimum absolute atomic E-state index is 0.206. The van der Waals surface area contributed by atoms with E-state index in [0.717, 1.165) is 12.3 Å². The summed E-state index contributed by atoms with van der Waals surface area (Å²) in [5.74, 6) is 0.910. The minimum Gasteiger partial charge on any atom is -0.494 e. The second kappa shape index (κ2) is 7.43. The molecule has 1 aromatic heterocycles. The van der Waals surface area contributed by atoms with Crippen molar-refractivity contribution < 1.29 is 4.74 Å². The molecule has 1 heterocycles. The number of nitrogens with zero attached hydrogens (tertiary/aromatic N) is 1. The van der Waals surface area contributed by atoms with Crippen LogP contribution in [0.15, 0.2) is 41.8 Å². The average molecular weight is 290 g/mol. The highest BCUT2D eigenvalue weighted by Gasteiger charge is 2.16. The molecule has 0 bridgehead atoms. The van der Waals surface area contributed by atoms with Crippen molar-refractivity contribution in [2.75, 3.05) is 20.2 Å². The first kappa shape index (κ1) is 15.0. The van der Waals surface area contributed by atoms with Crippen LogP contribution in [0, 0.1) is 0 Å². The zero-order valence-corrected chi connectivity index (χ0v) is 12.9. The third kappa shape index (κ3) is 3.82. The van der Waals surface area contributed by atoms with Crippen LogP contribution in [0.1, 0.15) is 23.4 Å². The number of nitrogens with two attached hydrogens (primary N) is 1. The predicted octanol–water partition coefficient (Wildman–Crippen LogP) is 3.28. The average Bonchev–Trinajstić information content (AvgIpc) is 2.93. The van der Waals surface area contributed by atoms with E-state index in [9.17, 15) is 0 Å². The minimum atomic E-state index is 0.206. The zero-order chi connectivity index (χ0) is 14.4. The molecule has 0 radical (unpaired) electrons. The first-order chi connectivity index (χ1) is 9.74. The lowest BCUT2D eigenvalue weighted by Crippen LogP contribution is -2.29. The van der Waals surface area contributed by atoms with Gasteiger partial charge in [-0.1, -0.05) is 18.2 Å². The van der Waals surface area contributed by atoms with Gasteiger partial charge in [-0.05, 0) is 43.1 Å². The van der Waals surface area contributed by atoms with Crippen LogP contribution in [0.5, 0.6) is 5.75 Å². The van der Waals surface area contributed by atoms with E-state index in [0.29, 0.717) is 13.2 Å². The number of ether oxygens (including phenoxy) is 1. The Labute approximate surface area is 125 Å². The van der Waals surface area contributed by atoms with Crippen molar-refractivity contribution in [2.45, 2.75) is 19.5 Å². The fourth-order valence-corrected chi connectivity index (χ4v) is 3.07. The molecule has 0 fully saturated rings. The largest absolute Gasteiger partial charge is 0.494 e. The summed E-state index contributed by atoms with van der Waals surface area (Å²) in [5.41, 5.74) is 7.19. The summed E-state index contributed by atoms with van der Waals surface area (Å²) in [6.07, 6.45) is 0. The van der Waals surface area contributed by atoms with Crippen molar-refractivity contribution in [1.29, 1.82) is 0 Å². The third-order valence-electron chi connectivity index (χ3n) is 3.29. The van der Waals surface area contributed by atoms with E-state index in [2.05, 4.69) is 41.6 Å². The van der Waals surface area contributed by atoms with Crippen LogP contribution in [0.3, 0.4) is 0 Å². The van der Waals surface area contributed by atoms with E-state index >= 15 is 0 Å². The van der Waals surface area contributed by atoms with Crippen LogP contribution >= 0.6 is 11.3 Å². The maximum atomic E-state index is 5.98. The number of likely N-dealkylation sites (N-methyl/N-ethyl adjacent to an activating group) is 1. The fourth-order valence-electron chi connectivity index (χ4n) is 2.31. The molecule has 0 aliphatic heterocycles. The van der Waals surface area contributed by atoms with Gasteiger partial charge in [0.25, 0.3) is 0 Å². The van der Waals surface area contributed by atoms with Crippen LogP contribution in [0.4, 0.5) is 0 Å². The molecule has 1 aromatic carbocycles. The fraction of sp³-hybridized carbons (Fsp3) is 0.375. The molecule has 1 unspecified atom stereocenters. The van der Waals surface area contributed by atoms with Crippen LogP contribution in [0.2, 0.25) is 0 Å². The van der Waals surface area contributed by atoms with Gasteiger partial charge < -0.3 is 10.5 Å². The van der Waals surface area contributed by atoms with Gasteiger partial charge in [0.05, 0.1) is 6.61 Å². The molecule has 0 amide bonds. The maximum Gasteiger partial charge on any atom is 0.119 e. The molecule has 0 saturated carbocycles. The summed E-state index contributed by atoms with van der Waals surface area (Å²) in [6, 6.07) is 12.7. The molecule has 4 heteroatoms. The van der Waals surface area contributed by atoms with Crippen molar-refractivity contribution >= 4 is 11.3 Å². The quantitative estimate of drug-likeness (QED) is 0.850. The highest BCUT2D eigenvalue weighted by atomic mass is 32.1. The molecule has 0 aliphatic rings. The van der Waals surface area contributed by atoms with E-state index in [1.54, 1.807) is 11.3 Å². The second-order valence-corrected chi connectivity index (χ2v) is 5.78. The summed E-state index contributed by atoms with van der Waals surface area (Å²) in [6.45, 7) is 4.19. The van der Waals surface area contributed by atoms with Crippen molar-refractivity contribution in [2.24, 2.45) is 5.73 Å². The van der Waals surface area contributed by atoms with Gasteiger partial charge >= 0.3 is 0 Å². The van der Waals surface area contributed by atoms with E-state index in [-0.39, 0.29) is 6.04 Å². The number of thiophene rings is 1. The molecule has 20 heavy (non-hydrogen) atoms. The van der Waals surface area contributed by atoms with Gasteiger partial charge in [-0.2, -0.15) is 0 Å². The summed E-state index contributed by atoms with van der Waals surface area (Å²) in [7, 11) is 2.12. The molecule has 0 saturated heterocycles. The monoisotopic (exact) mass is 290 g/mol. The van der Waals surface area contributed by atoms with Gasteiger partial charge in [0.1, 0.15) is 5.75 Å². The summed E-state index contributed by atoms with van der Waals surface area (Å²) >= 11 is 1.78. The molecule has 108 valence electrons. The molecule has 1 atom stereocenters. The van der Waals surface area contributed by atoms with Crippen molar-refractivity contribution in [3.63, 3.8) is 0 Å². The Balaban J connectivity index is 2.12. The van der Waals surface area contributed by atoms with Gasteiger partial charge in [-0.3, -0.25) is 4.90 Å². The number of benzene rings is 1. The summed E-state index contributed by atoms with van der Waals surface area (Å²) in [4.78, 5) is 3.64. The molecular formula is C16H22N2OS. The molecule has 3 nitrogen and oxygen atoms in total. The highest BCUT2D eigenvalue weighted by Crippen LogP contribution is 2.25. The van der Waals surface area contributed by atoms with E-state index in [1.807, 2.05) is 19.1 Å². The molecule has 0 aliphatic carbocycles. The Bertz CT molecular complexity index is 513. The zero-order valence-electron chi connectivity index (χ0n) is 12.1. The van der Waals surface area contributed by atoms with E-state index in [4.69, 9.17) is 10.5 Å². The topological polar surface area (TPSA) is 38.5 Å². The molecule has 2 rings (SSSR count). The van der Waals surface area contributed by atoms with Crippen LogP contribution in [-0.2, 0) is 6.54 Å². The van der Waals surface area contributed by atoms with Gasteiger partial charge in [-0.25, -0.2) is 0 Å². The summed E-state index contributed by atoms with van der Waals surface area (Å²) < 4.78 is 5.57. The first-order valence-corrected chi connectivity index (χ1v) is 7.78. The van der Waals surface area contributed by atoms with E-state index in [1.165, 1.54) is 10.4 Å². The molecule has 0 spiro atoms. The van der Waals surface area contributed by atoms with E-state index < -0.39 is 0 Å².